The average molecular weight is 404 g/mol. The lowest BCUT2D eigenvalue weighted by Crippen LogP contribution is -2.40. The second kappa shape index (κ2) is 8.99. The summed E-state index contributed by atoms with van der Waals surface area (Å²) >= 11 is 0. The maximum Gasteiger partial charge on any atom is 0.338 e. The molecule has 0 bridgehead atoms. The Hall–Kier alpha value is -2.71. The lowest BCUT2D eigenvalue weighted by molar-refractivity contribution is -0.126. The molecule has 0 aliphatic heterocycles. The van der Waals surface area contributed by atoms with E-state index in [9.17, 15) is 18.0 Å². The van der Waals surface area contributed by atoms with E-state index in [4.69, 9.17) is 4.74 Å². The third-order valence-corrected chi connectivity index (χ3v) is 5.94. The fourth-order valence-corrected chi connectivity index (χ4v) is 3.51. The number of likely N-dealkylation sites (N-methyl/N-ethyl adjacent to an activating group) is 1. The molecule has 2 rings (SSSR count). The van der Waals surface area contributed by atoms with Gasteiger partial charge < -0.3 is 9.64 Å². The first kappa shape index (κ1) is 21.6. The van der Waals surface area contributed by atoms with Crippen LogP contribution in [0, 0.1) is 0 Å². The van der Waals surface area contributed by atoms with Crippen LogP contribution in [0.2, 0.25) is 0 Å². The molecule has 0 saturated carbocycles. The van der Waals surface area contributed by atoms with Crippen LogP contribution in [-0.2, 0) is 19.6 Å². The van der Waals surface area contributed by atoms with Crippen LogP contribution in [0.5, 0.6) is 0 Å². The number of para-hydroxylation sites is 1. The van der Waals surface area contributed by atoms with E-state index in [-0.39, 0.29) is 16.4 Å². The van der Waals surface area contributed by atoms with Crippen LogP contribution in [0.15, 0.2) is 59.5 Å². The Kier molecular flexibility index (Phi) is 6.93. The molecule has 0 N–H and O–H groups in total. The van der Waals surface area contributed by atoms with Crippen LogP contribution in [0.25, 0.3) is 0 Å². The topological polar surface area (TPSA) is 84.0 Å². The summed E-state index contributed by atoms with van der Waals surface area (Å²) in [6.07, 6.45) is -1.03. The van der Waals surface area contributed by atoms with Gasteiger partial charge in [0.05, 0.1) is 10.5 Å². The van der Waals surface area contributed by atoms with E-state index in [1.807, 2.05) is 25.1 Å². The molecule has 1 amide bonds. The van der Waals surface area contributed by atoms with Crippen molar-refractivity contribution in [3.05, 3.63) is 60.2 Å². The molecule has 1 atom stereocenters. The molecule has 0 unspecified atom stereocenters. The number of ether oxygens (including phenoxy) is 1. The first-order chi connectivity index (χ1) is 13.2. The van der Waals surface area contributed by atoms with E-state index in [0.717, 1.165) is 4.31 Å². The van der Waals surface area contributed by atoms with Gasteiger partial charge in [-0.2, -0.15) is 0 Å². The largest absolute Gasteiger partial charge is 0.449 e. The molecule has 7 nitrogen and oxygen atoms in total. The minimum absolute atomic E-state index is 0.0228. The normalized spacial score (nSPS) is 12.5. The summed E-state index contributed by atoms with van der Waals surface area (Å²) in [6.45, 7) is 3.74. The summed E-state index contributed by atoms with van der Waals surface area (Å²) < 4.78 is 30.8. The number of rotatable bonds is 7. The van der Waals surface area contributed by atoms with Crippen molar-refractivity contribution in [1.29, 1.82) is 0 Å². The lowest BCUT2D eigenvalue weighted by Gasteiger charge is -2.24. The molecule has 2 aromatic rings. The van der Waals surface area contributed by atoms with Gasteiger partial charge in [-0.1, -0.05) is 24.3 Å². The van der Waals surface area contributed by atoms with E-state index >= 15 is 0 Å². The molecule has 8 heteroatoms. The van der Waals surface area contributed by atoms with Gasteiger partial charge in [0.15, 0.2) is 6.10 Å². The number of carbonyl (C=O) groups is 2. The van der Waals surface area contributed by atoms with Gasteiger partial charge in [0.1, 0.15) is 0 Å². The average Bonchev–Trinajstić information content (AvgIpc) is 2.69. The summed E-state index contributed by atoms with van der Waals surface area (Å²) in [5.41, 5.74) is 0.766. The maximum atomic E-state index is 12.7. The Labute approximate surface area is 165 Å². The molecule has 0 fully saturated rings. The number of carbonyl (C=O) groups excluding carboxylic acids is 2. The van der Waals surface area contributed by atoms with E-state index in [0.29, 0.717) is 12.2 Å². The van der Waals surface area contributed by atoms with Gasteiger partial charge in [-0.05, 0) is 44.2 Å². The second-order valence-electron chi connectivity index (χ2n) is 6.28. The van der Waals surface area contributed by atoms with Crippen LogP contribution in [0.4, 0.5) is 5.69 Å². The van der Waals surface area contributed by atoms with Crippen LogP contribution in [0.1, 0.15) is 24.2 Å². The molecule has 0 aliphatic rings. The van der Waals surface area contributed by atoms with Crippen molar-refractivity contribution in [3.63, 3.8) is 0 Å². The first-order valence-electron chi connectivity index (χ1n) is 8.78. The van der Waals surface area contributed by atoms with Crippen LogP contribution < -0.4 is 4.90 Å². The Morgan fingerprint density at radius 3 is 2.25 bits per heavy atom. The van der Waals surface area contributed by atoms with Crippen molar-refractivity contribution in [1.82, 2.24) is 4.31 Å². The molecule has 0 heterocycles. The Morgan fingerprint density at radius 1 is 1.04 bits per heavy atom. The SMILES string of the molecule is CCN(C(=O)[C@@H](C)OC(=O)c1cccc(S(=O)(=O)N(C)C)c1)c1ccccc1. The van der Waals surface area contributed by atoms with E-state index in [2.05, 4.69) is 0 Å². The third kappa shape index (κ3) is 4.76. The summed E-state index contributed by atoms with van der Waals surface area (Å²) in [5.74, 6) is -1.13. The highest BCUT2D eigenvalue weighted by molar-refractivity contribution is 7.89. The fraction of sp³-hybridized carbons (Fsp3) is 0.300. The molecule has 0 aliphatic carbocycles. The quantitative estimate of drug-likeness (QED) is 0.662. The zero-order valence-corrected chi connectivity index (χ0v) is 17.1. The monoisotopic (exact) mass is 404 g/mol. The van der Waals surface area contributed by atoms with Crippen molar-refractivity contribution in [2.24, 2.45) is 0 Å². The van der Waals surface area contributed by atoms with Gasteiger partial charge in [-0.3, -0.25) is 4.79 Å². The molecule has 150 valence electrons. The Morgan fingerprint density at radius 2 is 1.68 bits per heavy atom. The van der Waals surface area contributed by atoms with Gasteiger partial charge in [0, 0.05) is 26.3 Å². The highest BCUT2D eigenvalue weighted by atomic mass is 32.2. The smallest absolute Gasteiger partial charge is 0.338 e. The standard InChI is InChI=1S/C20H24N2O5S/c1-5-22(17-11-7-6-8-12-17)19(23)15(2)27-20(24)16-10-9-13-18(14-16)28(25,26)21(3)4/h6-15H,5H2,1-4H3/t15-/m1/s1. The number of anilines is 1. The van der Waals surface area contributed by atoms with Crippen LogP contribution in [-0.4, -0.2) is 51.3 Å². The second-order valence-corrected chi connectivity index (χ2v) is 8.43. The van der Waals surface area contributed by atoms with Crippen molar-refractivity contribution in [2.45, 2.75) is 24.8 Å². The maximum absolute atomic E-state index is 12.7. The number of amides is 1. The molecule has 0 spiro atoms. The zero-order valence-electron chi connectivity index (χ0n) is 16.3. The molecule has 28 heavy (non-hydrogen) atoms. The van der Waals surface area contributed by atoms with Crippen LogP contribution in [0.3, 0.4) is 0 Å². The zero-order chi connectivity index (χ0) is 20.9. The number of esters is 1. The molecule has 2 aromatic carbocycles. The van der Waals surface area contributed by atoms with Crippen molar-refractivity contribution in [3.8, 4) is 0 Å². The number of sulfonamides is 1. The molecular weight excluding hydrogens is 380 g/mol. The highest BCUT2D eigenvalue weighted by Crippen LogP contribution is 2.18. The van der Waals surface area contributed by atoms with Crippen molar-refractivity contribution < 1.29 is 22.7 Å². The van der Waals surface area contributed by atoms with E-state index in [1.54, 1.807) is 12.1 Å². The van der Waals surface area contributed by atoms with Crippen molar-refractivity contribution in [2.75, 3.05) is 25.5 Å². The first-order valence-corrected chi connectivity index (χ1v) is 10.2. The van der Waals surface area contributed by atoms with E-state index < -0.39 is 22.1 Å². The minimum Gasteiger partial charge on any atom is -0.449 e. The summed E-state index contributed by atoms with van der Waals surface area (Å²) in [5, 5.41) is 0. The van der Waals surface area contributed by atoms with Gasteiger partial charge in [0.25, 0.3) is 5.91 Å². The molecule has 0 radical (unpaired) electrons. The Bertz CT molecular complexity index is 942. The minimum atomic E-state index is -3.68. The highest BCUT2D eigenvalue weighted by Gasteiger charge is 2.25. The lowest BCUT2D eigenvalue weighted by atomic mass is 10.2. The van der Waals surface area contributed by atoms with Gasteiger partial charge in [-0.15, -0.1) is 0 Å². The number of hydrogen-bond acceptors (Lipinski definition) is 5. The number of benzene rings is 2. The third-order valence-electron chi connectivity index (χ3n) is 4.13. The van der Waals surface area contributed by atoms with Crippen molar-refractivity contribution >= 4 is 27.6 Å². The summed E-state index contributed by atoms with van der Waals surface area (Å²) in [7, 11) is -0.867. The fourth-order valence-electron chi connectivity index (χ4n) is 2.57. The van der Waals surface area contributed by atoms with Gasteiger partial charge >= 0.3 is 5.97 Å². The molecule has 0 aromatic heterocycles. The predicted molar refractivity (Wildman–Crippen MR) is 107 cm³/mol. The number of hydrogen-bond donors (Lipinski definition) is 0. The Balaban J connectivity index is 2.17. The number of nitrogens with zero attached hydrogens (tertiary/aromatic N) is 2. The van der Waals surface area contributed by atoms with E-state index in [1.165, 1.54) is 50.2 Å². The molecule has 0 saturated heterocycles. The molecular formula is C20H24N2O5S. The van der Waals surface area contributed by atoms with Crippen LogP contribution >= 0.6 is 0 Å². The predicted octanol–water partition coefficient (Wildman–Crippen LogP) is 2.54. The van der Waals surface area contributed by atoms with Gasteiger partial charge in [0.2, 0.25) is 10.0 Å². The summed E-state index contributed by atoms with van der Waals surface area (Å²) in [6, 6.07) is 14.6. The summed E-state index contributed by atoms with van der Waals surface area (Å²) in [4.78, 5) is 26.7. The van der Waals surface area contributed by atoms with Gasteiger partial charge in [-0.25, -0.2) is 17.5 Å².